The van der Waals surface area contributed by atoms with Gasteiger partial charge < -0.3 is 68.5 Å². The van der Waals surface area contributed by atoms with E-state index in [0.29, 0.717) is 16.7 Å². The van der Waals surface area contributed by atoms with Crippen molar-refractivity contribution >= 4 is 48.1 Å². The number of phenolic OH excluding ortho intramolecular Hbond substituents is 3. The second-order valence-electron chi connectivity index (χ2n) is 13.8. The number of carbonyl (C=O) groups is 5. The molecule has 2 aliphatic heterocycles. The van der Waals surface area contributed by atoms with Crippen LogP contribution in [0, 0.1) is 0 Å². The van der Waals surface area contributed by atoms with Crippen LogP contribution in [0.3, 0.4) is 0 Å². The number of aliphatic hydroxyl groups excluding tert-OH is 3. The Kier molecular flexibility index (Phi) is 15.9. The van der Waals surface area contributed by atoms with E-state index in [4.69, 9.17) is 37.9 Å². The highest BCUT2D eigenvalue weighted by Gasteiger charge is 2.63. The van der Waals surface area contributed by atoms with Gasteiger partial charge in [-0.25, -0.2) is 14.4 Å². The van der Waals surface area contributed by atoms with Gasteiger partial charge in [-0.05, 0) is 71.3 Å². The summed E-state index contributed by atoms with van der Waals surface area (Å²) in [7, 11) is 0. The normalized spacial score (nSPS) is 26.0. The standard InChI is InChI=1S/C43H44O19/c1-24(45)56-23-43(62-42-40(38(54)39(57-25(2)46)32(21-44)58-42)59-35(51)19-10-27-5-14-30(48)15-6-27)41(60-36(52)20-11-28-7-16-31(49)17-8-28)37(53)33(61-43)22-55-34(50)18-9-26-3-12-29(47)13-4-26/h3-20,32-33,37-42,44,47-49,53-54H,21-23H2,1-2H3/b18-9+,19-10+,20-11+/t32-,33-,37-,38+,39-,40-,41+,42-,43+/m1/s1. The first-order chi connectivity index (χ1) is 29.5. The summed E-state index contributed by atoms with van der Waals surface area (Å²) in [6, 6.07) is 17.2. The van der Waals surface area contributed by atoms with E-state index in [1.165, 1.54) is 91.0 Å². The Morgan fingerprint density at radius 2 is 1.10 bits per heavy atom. The Morgan fingerprint density at radius 1 is 0.613 bits per heavy atom. The Morgan fingerprint density at radius 3 is 1.56 bits per heavy atom. The molecule has 0 unspecified atom stereocenters. The first kappa shape index (κ1) is 46.5. The van der Waals surface area contributed by atoms with Crippen LogP contribution < -0.4 is 0 Å². The molecule has 5 rings (SSSR count). The summed E-state index contributed by atoms with van der Waals surface area (Å²) in [5.41, 5.74) is 1.42. The zero-order chi connectivity index (χ0) is 45.0. The van der Waals surface area contributed by atoms with E-state index in [9.17, 15) is 54.6 Å². The van der Waals surface area contributed by atoms with Crippen molar-refractivity contribution in [1.82, 2.24) is 0 Å². The van der Waals surface area contributed by atoms with Crippen molar-refractivity contribution < 1.29 is 92.5 Å². The number of benzene rings is 3. The van der Waals surface area contributed by atoms with E-state index < -0.39 is 104 Å². The molecule has 19 heteroatoms. The molecule has 3 aromatic rings. The molecule has 0 spiro atoms. The van der Waals surface area contributed by atoms with E-state index >= 15 is 0 Å². The Balaban J connectivity index is 1.49. The molecule has 0 aromatic heterocycles. The van der Waals surface area contributed by atoms with E-state index in [0.717, 1.165) is 32.1 Å². The molecule has 62 heavy (non-hydrogen) atoms. The fourth-order valence-corrected chi connectivity index (χ4v) is 6.18. The predicted octanol–water partition coefficient (Wildman–Crippen LogP) is 1.66. The van der Waals surface area contributed by atoms with Gasteiger partial charge in [0, 0.05) is 32.1 Å². The van der Waals surface area contributed by atoms with Gasteiger partial charge in [0.25, 0.3) is 0 Å². The van der Waals surface area contributed by atoms with Crippen molar-refractivity contribution in [3.05, 3.63) is 108 Å². The van der Waals surface area contributed by atoms with Crippen LogP contribution in [-0.2, 0) is 61.9 Å². The molecule has 2 saturated heterocycles. The van der Waals surface area contributed by atoms with Crippen LogP contribution in [0.1, 0.15) is 30.5 Å². The zero-order valence-electron chi connectivity index (χ0n) is 33.1. The van der Waals surface area contributed by atoms with Crippen LogP contribution in [0.5, 0.6) is 17.2 Å². The topological polar surface area (TPSA) is 281 Å². The lowest BCUT2D eigenvalue weighted by atomic mass is 9.98. The van der Waals surface area contributed by atoms with E-state index in [1.54, 1.807) is 0 Å². The van der Waals surface area contributed by atoms with Gasteiger partial charge >= 0.3 is 29.8 Å². The molecular formula is C43H44O19. The van der Waals surface area contributed by atoms with Gasteiger partial charge in [0.2, 0.25) is 12.1 Å². The molecule has 3 aromatic carbocycles. The lowest BCUT2D eigenvalue weighted by molar-refractivity contribution is -0.383. The van der Waals surface area contributed by atoms with Crippen LogP contribution >= 0.6 is 0 Å². The maximum absolute atomic E-state index is 13.4. The SMILES string of the molecule is CC(=O)OC[C@@]1(O[C@H]2O[C@H](CO)[C@@H](OC(C)=O)[C@H](O)[C@H]2OC(=O)/C=C/c2ccc(O)cc2)O[C@H](COC(=O)/C=C/c2ccc(O)cc2)[C@@H](O)[C@@H]1OC(=O)/C=C/c1ccc(O)cc1. The second kappa shape index (κ2) is 21.3. The Labute approximate surface area is 353 Å². The van der Waals surface area contributed by atoms with Gasteiger partial charge in [-0.2, -0.15) is 0 Å². The number of rotatable bonds is 16. The molecule has 330 valence electrons. The Bertz CT molecular complexity index is 2110. The number of ether oxygens (including phenoxy) is 8. The van der Waals surface area contributed by atoms with Gasteiger partial charge in [-0.3, -0.25) is 9.59 Å². The van der Waals surface area contributed by atoms with Crippen LogP contribution in [0.4, 0.5) is 0 Å². The third-order valence-corrected chi connectivity index (χ3v) is 9.17. The van der Waals surface area contributed by atoms with E-state index in [-0.39, 0.29) is 17.2 Å². The molecular weight excluding hydrogens is 820 g/mol. The molecule has 0 bridgehead atoms. The zero-order valence-corrected chi connectivity index (χ0v) is 33.1. The minimum atomic E-state index is -2.63. The molecule has 19 nitrogen and oxygen atoms in total. The molecule has 2 heterocycles. The highest BCUT2D eigenvalue weighted by Crippen LogP contribution is 2.40. The molecule has 9 atom stereocenters. The number of carbonyl (C=O) groups excluding carboxylic acids is 5. The van der Waals surface area contributed by atoms with Crippen molar-refractivity contribution in [3.63, 3.8) is 0 Å². The minimum Gasteiger partial charge on any atom is -0.508 e. The number of aromatic hydroxyl groups is 3. The molecule has 2 fully saturated rings. The summed E-state index contributed by atoms with van der Waals surface area (Å²) >= 11 is 0. The molecule has 0 aliphatic carbocycles. The summed E-state index contributed by atoms with van der Waals surface area (Å²) in [5, 5.41) is 62.3. The lowest BCUT2D eigenvalue weighted by Crippen LogP contribution is -2.64. The lowest BCUT2D eigenvalue weighted by Gasteiger charge is -2.45. The predicted molar refractivity (Wildman–Crippen MR) is 211 cm³/mol. The third-order valence-electron chi connectivity index (χ3n) is 9.17. The first-order valence-corrected chi connectivity index (χ1v) is 18.8. The number of esters is 5. The van der Waals surface area contributed by atoms with Crippen molar-refractivity contribution in [2.75, 3.05) is 19.8 Å². The van der Waals surface area contributed by atoms with Gasteiger partial charge in [-0.1, -0.05) is 36.4 Å². The smallest absolute Gasteiger partial charge is 0.331 e. The van der Waals surface area contributed by atoms with Crippen molar-refractivity contribution in [2.24, 2.45) is 0 Å². The maximum atomic E-state index is 13.4. The maximum Gasteiger partial charge on any atom is 0.331 e. The molecule has 6 N–H and O–H groups in total. The average Bonchev–Trinajstić information content (AvgIpc) is 3.49. The van der Waals surface area contributed by atoms with Gasteiger partial charge in [-0.15, -0.1) is 0 Å². The number of hydrogen-bond acceptors (Lipinski definition) is 19. The van der Waals surface area contributed by atoms with Crippen molar-refractivity contribution in [2.45, 2.75) is 68.7 Å². The summed E-state index contributed by atoms with van der Waals surface area (Å²) < 4.78 is 45.2. The highest BCUT2D eigenvalue weighted by atomic mass is 16.8. The fraction of sp³-hybridized carbons (Fsp3) is 0.326. The average molecular weight is 865 g/mol. The monoisotopic (exact) mass is 864 g/mol. The number of phenols is 3. The van der Waals surface area contributed by atoms with Crippen LogP contribution in [0.15, 0.2) is 91.0 Å². The minimum absolute atomic E-state index is 0.00110. The molecule has 0 amide bonds. The van der Waals surface area contributed by atoms with Gasteiger partial charge in [0.05, 0.1) is 6.61 Å². The number of aliphatic hydroxyl groups is 3. The van der Waals surface area contributed by atoms with Crippen LogP contribution in [0.2, 0.25) is 0 Å². The summed E-state index contributed by atoms with van der Waals surface area (Å²) in [6.45, 7) is -0.604. The molecule has 2 aliphatic rings. The van der Waals surface area contributed by atoms with Crippen LogP contribution in [0.25, 0.3) is 18.2 Å². The number of hydrogen-bond donors (Lipinski definition) is 6. The van der Waals surface area contributed by atoms with Crippen LogP contribution in [-0.4, -0.2) is 135 Å². The first-order valence-electron chi connectivity index (χ1n) is 18.8. The third kappa shape index (κ3) is 12.7. The summed E-state index contributed by atoms with van der Waals surface area (Å²) in [4.78, 5) is 63.7. The summed E-state index contributed by atoms with van der Waals surface area (Å²) in [6.07, 6.45) is -7.82. The van der Waals surface area contributed by atoms with E-state index in [1.807, 2.05) is 0 Å². The van der Waals surface area contributed by atoms with Gasteiger partial charge in [0.1, 0.15) is 54.9 Å². The second-order valence-corrected chi connectivity index (χ2v) is 13.8. The molecule has 0 radical (unpaired) electrons. The summed E-state index contributed by atoms with van der Waals surface area (Å²) in [5.74, 6) is -7.70. The van der Waals surface area contributed by atoms with Crippen molar-refractivity contribution in [1.29, 1.82) is 0 Å². The largest absolute Gasteiger partial charge is 0.508 e. The van der Waals surface area contributed by atoms with Gasteiger partial charge in [0.15, 0.2) is 18.3 Å². The quantitative estimate of drug-likeness (QED) is 0.0678. The van der Waals surface area contributed by atoms with Crippen molar-refractivity contribution in [3.8, 4) is 17.2 Å². The molecule has 0 saturated carbocycles. The fourth-order valence-electron chi connectivity index (χ4n) is 6.18. The van der Waals surface area contributed by atoms with E-state index in [2.05, 4.69) is 0 Å². The Hall–Kier alpha value is -6.61. The highest BCUT2D eigenvalue weighted by molar-refractivity contribution is 5.88.